The minimum atomic E-state index is -3.59. The molecule has 6 nitrogen and oxygen atoms in total. The summed E-state index contributed by atoms with van der Waals surface area (Å²) in [5.74, 6) is 1.51. The molecule has 0 fully saturated rings. The molecule has 0 atom stereocenters. The van der Waals surface area contributed by atoms with Crippen LogP contribution >= 0.6 is 0 Å². The molecular weight excluding hydrogens is 292 g/mol. The highest BCUT2D eigenvalue weighted by atomic mass is 32.2. The van der Waals surface area contributed by atoms with E-state index in [9.17, 15) is 8.42 Å². The van der Waals surface area contributed by atoms with E-state index in [2.05, 4.69) is 4.72 Å². The number of ether oxygens (including phenoxy) is 2. The zero-order chi connectivity index (χ0) is 15.5. The van der Waals surface area contributed by atoms with Gasteiger partial charge in [0.05, 0.1) is 12.8 Å². The zero-order valence-electron chi connectivity index (χ0n) is 11.7. The molecule has 0 radical (unpaired) electrons. The lowest BCUT2D eigenvalue weighted by atomic mass is 10.3. The second kappa shape index (κ2) is 6.02. The fourth-order valence-corrected chi connectivity index (χ4v) is 2.61. The zero-order valence-corrected chi connectivity index (χ0v) is 12.5. The van der Waals surface area contributed by atoms with Gasteiger partial charge >= 0.3 is 0 Å². The Hall–Kier alpha value is -2.25. The molecular formula is C14H16N2O4S. The molecule has 2 aromatic carbocycles. The number of nitrogen functional groups attached to an aromatic ring is 1. The summed E-state index contributed by atoms with van der Waals surface area (Å²) in [6.07, 6.45) is 0. The van der Waals surface area contributed by atoms with Crippen LogP contribution in [0.2, 0.25) is 0 Å². The van der Waals surface area contributed by atoms with Gasteiger partial charge in [-0.05, 0) is 31.3 Å². The van der Waals surface area contributed by atoms with Crippen LogP contribution in [0.4, 0.5) is 5.69 Å². The number of hydrogen-bond donors (Lipinski definition) is 2. The first-order valence-electron chi connectivity index (χ1n) is 6.12. The van der Waals surface area contributed by atoms with Gasteiger partial charge in [0.15, 0.2) is 11.5 Å². The van der Waals surface area contributed by atoms with Gasteiger partial charge in [-0.2, -0.15) is 0 Å². The van der Waals surface area contributed by atoms with Crippen molar-refractivity contribution < 1.29 is 17.9 Å². The SMILES string of the molecule is CNS(=O)(=O)c1ccc(Oc2ccccc2OC)cc1N. The summed E-state index contributed by atoms with van der Waals surface area (Å²) in [6, 6.07) is 11.5. The highest BCUT2D eigenvalue weighted by Crippen LogP contribution is 2.32. The van der Waals surface area contributed by atoms with Gasteiger partial charge in [0, 0.05) is 6.07 Å². The summed E-state index contributed by atoms with van der Waals surface area (Å²) in [6.45, 7) is 0. The number of methoxy groups -OCH3 is 1. The van der Waals surface area contributed by atoms with Gasteiger partial charge in [0.1, 0.15) is 10.6 Å². The molecule has 0 saturated heterocycles. The predicted molar refractivity (Wildman–Crippen MR) is 80.2 cm³/mol. The third kappa shape index (κ3) is 3.26. The van der Waals surface area contributed by atoms with Crippen LogP contribution < -0.4 is 19.9 Å². The minimum absolute atomic E-state index is 0.0115. The second-order valence-electron chi connectivity index (χ2n) is 4.16. The van der Waals surface area contributed by atoms with Crippen molar-refractivity contribution in [3.63, 3.8) is 0 Å². The average Bonchev–Trinajstić information content (AvgIpc) is 2.47. The van der Waals surface area contributed by atoms with Crippen LogP contribution in [0.25, 0.3) is 0 Å². The smallest absolute Gasteiger partial charge is 0.242 e. The van der Waals surface area contributed by atoms with Gasteiger partial charge in [-0.25, -0.2) is 13.1 Å². The summed E-state index contributed by atoms with van der Waals surface area (Å²) < 4.78 is 36.5. The quantitative estimate of drug-likeness (QED) is 0.824. The molecule has 0 heterocycles. The third-order valence-electron chi connectivity index (χ3n) is 2.84. The maximum Gasteiger partial charge on any atom is 0.242 e. The number of nitrogens with two attached hydrogens (primary N) is 1. The second-order valence-corrected chi connectivity index (χ2v) is 6.02. The van der Waals surface area contributed by atoms with Gasteiger partial charge in [0.25, 0.3) is 0 Å². The largest absolute Gasteiger partial charge is 0.493 e. The summed E-state index contributed by atoms with van der Waals surface area (Å²) in [7, 11) is -0.718. The molecule has 0 aliphatic rings. The maximum absolute atomic E-state index is 11.7. The summed E-state index contributed by atoms with van der Waals surface area (Å²) >= 11 is 0. The fourth-order valence-electron chi connectivity index (χ4n) is 1.77. The Kier molecular flexibility index (Phi) is 4.35. The predicted octanol–water partition coefficient (Wildman–Crippen LogP) is 1.98. The van der Waals surface area contributed by atoms with Crippen molar-refractivity contribution in [1.82, 2.24) is 4.72 Å². The monoisotopic (exact) mass is 308 g/mol. The standard InChI is InChI=1S/C14H16N2O4S/c1-16-21(17,18)14-8-7-10(9-11(14)15)20-13-6-4-3-5-12(13)19-2/h3-9,16H,15H2,1-2H3. The van der Waals surface area contributed by atoms with Gasteiger partial charge in [-0.15, -0.1) is 0 Å². The van der Waals surface area contributed by atoms with E-state index in [1.165, 1.54) is 25.2 Å². The number of anilines is 1. The number of nitrogens with one attached hydrogen (secondary N) is 1. The van der Waals surface area contributed by atoms with E-state index < -0.39 is 10.0 Å². The third-order valence-corrected chi connectivity index (χ3v) is 4.32. The topological polar surface area (TPSA) is 90.7 Å². The van der Waals surface area contributed by atoms with Crippen molar-refractivity contribution >= 4 is 15.7 Å². The molecule has 2 rings (SSSR count). The van der Waals surface area contributed by atoms with Crippen LogP contribution in [0.3, 0.4) is 0 Å². The van der Waals surface area contributed by atoms with E-state index in [4.69, 9.17) is 15.2 Å². The van der Waals surface area contributed by atoms with E-state index in [1.807, 2.05) is 6.07 Å². The van der Waals surface area contributed by atoms with Crippen LogP contribution in [0.5, 0.6) is 17.2 Å². The number of hydrogen-bond acceptors (Lipinski definition) is 5. The lowest BCUT2D eigenvalue weighted by Crippen LogP contribution is -2.19. The van der Waals surface area contributed by atoms with Gasteiger partial charge in [0.2, 0.25) is 10.0 Å². The average molecular weight is 308 g/mol. The molecule has 0 aliphatic carbocycles. The molecule has 0 aliphatic heterocycles. The summed E-state index contributed by atoms with van der Waals surface area (Å²) in [5, 5.41) is 0. The Bertz CT molecular complexity index is 744. The lowest BCUT2D eigenvalue weighted by Gasteiger charge is -2.12. The Morgan fingerprint density at radius 1 is 1.10 bits per heavy atom. The number of benzene rings is 2. The first-order chi connectivity index (χ1) is 9.97. The van der Waals surface area contributed by atoms with Crippen molar-refractivity contribution in [1.29, 1.82) is 0 Å². The van der Waals surface area contributed by atoms with Crippen LogP contribution in [0.1, 0.15) is 0 Å². The van der Waals surface area contributed by atoms with Crippen LogP contribution in [-0.2, 0) is 10.0 Å². The molecule has 0 saturated carbocycles. The molecule has 0 spiro atoms. The molecule has 3 N–H and O–H groups in total. The molecule has 7 heteroatoms. The Balaban J connectivity index is 2.33. The van der Waals surface area contributed by atoms with Crippen molar-refractivity contribution in [2.24, 2.45) is 0 Å². The lowest BCUT2D eigenvalue weighted by molar-refractivity contribution is 0.379. The first-order valence-corrected chi connectivity index (χ1v) is 7.60. The molecule has 0 amide bonds. The van der Waals surface area contributed by atoms with Crippen molar-refractivity contribution in [3.05, 3.63) is 42.5 Å². The maximum atomic E-state index is 11.7. The molecule has 21 heavy (non-hydrogen) atoms. The molecule has 0 aromatic heterocycles. The van der Waals surface area contributed by atoms with Crippen LogP contribution in [0.15, 0.2) is 47.4 Å². The molecule has 0 bridgehead atoms. The van der Waals surface area contributed by atoms with E-state index in [0.29, 0.717) is 17.2 Å². The Morgan fingerprint density at radius 2 is 1.76 bits per heavy atom. The minimum Gasteiger partial charge on any atom is -0.493 e. The van der Waals surface area contributed by atoms with E-state index in [0.717, 1.165) is 0 Å². The van der Waals surface area contributed by atoms with Gasteiger partial charge in [-0.3, -0.25) is 0 Å². The number of sulfonamides is 1. The van der Waals surface area contributed by atoms with E-state index in [-0.39, 0.29) is 10.6 Å². The first kappa shape index (κ1) is 15.1. The number of rotatable bonds is 5. The fraction of sp³-hybridized carbons (Fsp3) is 0.143. The molecule has 0 unspecified atom stereocenters. The van der Waals surface area contributed by atoms with Crippen molar-refractivity contribution in [3.8, 4) is 17.2 Å². The van der Waals surface area contributed by atoms with Gasteiger partial charge < -0.3 is 15.2 Å². The van der Waals surface area contributed by atoms with E-state index in [1.54, 1.807) is 25.3 Å². The highest BCUT2D eigenvalue weighted by Gasteiger charge is 2.16. The molecule has 112 valence electrons. The van der Waals surface area contributed by atoms with Crippen molar-refractivity contribution in [2.75, 3.05) is 19.9 Å². The van der Waals surface area contributed by atoms with Crippen molar-refractivity contribution in [2.45, 2.75) is 4.90 Å². The van der Waals surface area contributed by atoms with E-state index >= 15 is 0 Å². The summed E-state index contributed by atoms with van der Waals surface area (Å²) in [4.78, 5) is 0.0115. The molecule has 2 aromatic rings. The normalized spacial score (nSPS) is 11.1. The number of para-hydroxylation sites is 2. The van der Waals surface area contributed by atoms with Crippen LogP contribution in [-0.4, -0.2) is 22.6 Å². The van der Waals surface area contributed by atoms with Crippen LogP contribution in [0, 0.1) is 0 Å². The highest BCUT2D eigenvalue weighted by molar-refractivity contribution is 7.89. The Labute approximate surface area is 123 Å². The summed E-state index contributed by atoms with van der Waals surface area (Å²) in [5.41, 5.74) is 5.88. The Morgan fingerprint density at radius 3 is 2.33 bits per heavy atom. The van der Waals surface area contributed by atoms with Gasteiger partial charge in [-0.1, -0.05) is 12.1 Å².